The Balaban J connectivity index is 2.43. The van der Waals surface area contributed by atoms with Crippen LogP contribution in [0.1, 0.15) is 19.5 Å². The molecule has 0 amide bonds. The average molecular weight is 292 g/mol. The molecular weight excluding hydrogens is 268 g/mol. The Morgan fingerprint density at radius 3 is 2.86 bits per heavy atom. The van der Waals surface area contributed by atoms with Gasteiger partial charge in [0.25, 0.3) is 0 Å². The van der Waals surface area contributed by atoms with Gasteiger partial charge in [0.1, 0.15) is 0 Å². The third kappa shape index (κ3) is 6.74. The maximum Gasteiger partial charge on any atom is 0.310 e. The van der Waals surface area contributed by atoms with Gasteiger partial charge in [-0.1, -0.05) is 13.0 Å². The van der Waals surface area contributed by atoms with Crippen molar-refractivity contribution in [3.63, 3.8) is 0 Å². The van der Waals surface area contributed by atoms with Crippen LogP contribution in [0.4, 0.5) is 0 Å². The molecule has 0 aliphatic carbocycles. The number of pyridine rings is 1. The number of methoxy groups -OCH3 is 1. The van der Waals surface area contributed by atoms with Crippen LogP contribution in [0.15, 0.2) is 29.4 Å². The molecule has 21 heavy (non-hydrogen) atoms. The van der Waals surface area contributed by atoms with Crippen molar-refractivity contribution in [1.82, 2.24) is 15.6 Å². The van der Waals surface area contributed by atoms with Gasteiger partial charge in [-0.15, -0.1) is 0 Å². The summed E-state index contributed by atoms with van der Waals surface area (Å²) in [5.41, 5.74) is 1.03. The van der Waals surface area contributed by atoms with Crippen molar-refractivity contribution in [2.45, 2.75) is 20.3 Å². The van der Waals surface area contributed by atoms with E-state index >= 15 is 0 Å². The molecule has 0 aliphatic heterocycles. The van der Waals surface area contributed by atoms with E-state index in [9.17, 15) is 4.79 Å². The van der Waals surface area contributed by atoms with Gasteiger partial charge in [0.15, 0.2) is 5.96 Å². The Morgan fingerprint density at radius 2 is 2.24 bits per heavy atom. The van der Waals surface area contributed by atoms with E-state index < -0.39 is 0 Å². The first kappa shape index (κ1) is 16.9. The third-order valence-corrected chi connectivity index (χ3v) is 2.87. The zero-order valence-electron chi connectivity index (χ0n) is 12.9. The van der Waals surface area contributed by atoms with Crippen molar-refractivity contribution in [3.05, 3.63) is 30.1 Å². The second-order valence-electron chi connectivity index (χ2n) is 4.64. The van der Waals surface area contributed by atoms with Gasteiger partial charge in [0, 0.05) is 31.4 Å². The van der Waals surface area contributed by atoms with E-state index in [4.69, 9.17) is 0 Å². The fourth-order valence-corrected chi connectivity index (χ4v) is 1.70. The molecule has 2 N–H and O–H groups in total. The van der Waals surface area contributed by atoms with E-state index in [2.05, 4.69) is 25.3 Å². The van der Waals surface area contributed by atoms with Crippen molar-refractivity contribution in [3.8, 4) is 0 Å². The summed E-state index contributed by atoms with van der Waals surface area (Å²) < 4.78 is 4.69. The molecule has 0 aliphatic rings. The van der Waals surface area contributed by atoms with E-state index in [0.29, 0.717) is 12.5 Å². The van der Waals surface area contributed by atoms with Crippen LogP contribution < -0.4 is 10.6 Å². The quantitative estimate of drug-likeness (QED) is 0.445. The molecule has 116 valence electrons. The van der Waals surface area contributed by atoms with Crippen LogP contribution >= 0.6 is 0 Å². The number of carbonyl (C=O) groups is 1. The summed E-state index contributed by atoms with van der Waals surface area (Å²) in [6.07, 6.45) is 2.60. The minimum atomic E-state index is -0.249. The number of ether oxygens (including phenoxy) is 1. The van der Waals surface area contributed by atoms with Gasteiger partial charge >= 0.3 is 5.97 Å². The standard InChI is InChI=1S/C15H24N4O2/c1-4-16-15(19-11-12(2)14(20)21-3)18-10-8-13-7-5-6-9-17-13/h5-7,9,12H,4,8,10-11H2,1-3H3,(H2,16,18,19). The number of carbonyl (C=O) groups excluding carboxylic acids is 1. The molecule has 0 bridgehead atoms. The zero-order valence-corrected chi connectivity index (χ0v) is 12.9. The number of nitrogens with zero attached hydrogens (tertiary/aromatic N) is 2. The summed E-state index contributed by atoms with van der Waals surface area (Å²) in [6.45, 7) is 5.69. The molecule has 1 aromatic rings. The Labute approximate surface area is 126 Å². The molecular formula is C15H24N4O2. The summed E-state index contributed by atoms with van der Waals surface area (Å²) in [5.74, 6) is 0.202. The van der Waals surface area contributed by atoms with Crippen molar-refractivity contribution >= 4 is 11.9 Å². The first-order valence-electron chi connectivity index (χ1n) is 7.17. The molecule has 6 nitrogen and oxygen atoms in total. The molecule has 0 radical (unpaired) electrons. The summed E-state index contributed by atoms with van der Waals surface area (Å²) in [4.78, 5) is 20.0. The second-order valence-corrected chi connectivity index (χ2v) is 4.64. The van der Waals surface area contributed by atoms with E-state index in [1.165, 1.54) is 7.11 Å². The number of rotatable bonds is 7. The largest absolute Gasteiger partial charge is 0.469 e. The lowest BCUT2D eigenvalue weighted by atomic mass is 10.2. The minimum absolute atomic E-state index is 0.247. The van der Waals surface area contributed by atoms with Crippen molar-refractivity contribution < 1.29 is 9.53 Å². The number of hydrogen-bond acceptors (Lipinski definition) is 4. The highest BCUT2D eigenvalue weighted by Crippen LogP contribution is 1.98. The fourth-order valence-electron chi connectivity index (χ4n) is 1.70. The lowest BCUT2D eigenvalue weighted by molar-refractivity contribution is -0.144. The highest BCUT2D eigenvalue weighted by atomic mass is 16.5. The highest BCUT2D eigenvalue weighted by molar-refractivity contribution is 5.80. The molecule has 0 saturated heterocycles. The first-order valence-corrected chi connectivity index (χ1v) is 7.17. The molecule has 1 unspecified atom stereocenters. The normalized spacial score (nSPS) is 12.6. The maximum atomic E-state index is 11.3. The summed E-state index contributed by atoms with van der Waals surface area (Å²) >= 11 is 0. The zero-order chi connectivity index (χ0) is 15.5. The number of aliphatic imine (C=N–C) groups is 1. The smallest absolute Gasteiger partial charge is 0.310 e. The van der Waals surface area contributed by atoms with Gasteiger partial charge in [-0.3, -0.25) is 14.8 Å². The maximum absolute atomic E-state index is 11.3. The lowest BCUT2D eigenvalue weighted by Crippen LogP contribution is -2.39. The molecule has 0 saturated carbocycles. The van der Waals surface area contributed by atoms with Crippen molar-refractivity contribution in [2.24, 2.45) is 10.9 Å². The molecule has 0 aromatic carbocycles. The fraction of sp³-hybridized carbons (Fsp3) is 0.533. The number of guanidine groups is 1. The van der Waals surface area contributed by atoms with Crippen LogP contribution in [0.3, 0.4) is 0 Å². The summed E-state index contributed by atoms with van der Waals surface area (Å²) in [6, 6.07) is 5.86. The van der Waals surface area contributed by atoms with Gasteiger partial charge in [-0.2, -0.15) is 0 Å². The Hall–Kier alpha value is -2.11. The molecule has 0 spiro atoms. The number of hydrogen-bond donors (Lipinski definition) is 2. The SMILES string of the molecule is CCNC(=NCC(C)C(=O)OC)NCCc1ccccn1. The predicted molar refractivity (Wildman–Crippen MR) is 83.1 cm³/mol. The van der Waals surface area contributed by atoms with Gasteiger partial charge in [-0.05, 0) is 19.1 Å². The molecule has 1 heterocycles. The van der Waals surface area contributed by atoms with Crippen LogP contribution in [0.25, 0.3) is 0 Å². The van der Waals surface area contributed by atoms with Crippen LogP contribution in [0.5, 0.6) is 0 Å². The Kier molecular flexibility index (Phi) is 7.86. The highest BCUT2D eigenvalue weighted by Gasteiger charge is 2.12. The Morgan fingerprint density at radius 1 is 1.43 bits per heavy atom. The van der Waals surface area contributed by atoms with Gasteiger partial charge in [0.2, 0.25) is 0 Å². The number of nitrogens with one attached hydrogen (secondary N) is 2. The van der Waals surface area contributed by atoms with Crippen LogP contribution in [-0.4, -0.2) is 43.7 Å². The van der Waals surface area contributed by atoms with Gasteiger partial charge < -0.3 is 15.4 Å². The second kappa shape index (κ2) is 9.74. The molecule has 1 rings (SSSR count). The number of esters is 1. The van der Waals surface area contributed by atoms with Crippen molar-refractivity contribution in [2.75, 3.05) is 26.7 Å². The lowest BCUT2D eigenvalue weighted by Gasteiger charge is -2.12. The van der Waals surface area contributed by atoms with E-state index in [1.807, 2.05) is 25.1 Å². The van der Waals surface area contributed by atoms with Crippen LogP contribution in [0.2, 0.25) is 0 Å². The Bertz CT molecular complexity index is 448. The molecule has 6 heteroatoms. The molecule has 1 atom stereocenters. The predicted octanol–water partition coefficient (Wildman–Crippen LogP) is 0.988. The van der Waals surface area contributed by atoms with Gasteiger partial charge in [-0.25, -0.2) is 0 Å². The van der Waals surface area contributed by atoms with Crippen LogP contribution in [-0.2, 0) is 16.0 Å². The van der Waals surface area contributed by atoms with Crippen LogP contribution in [0, 0.1) is 5.92 Å². The molecule has 1 aromatic heterocycles. The third-order valence-electron chi connectivity index (χ3n) is 2.87. The van der Waals surface area contributed by atoms with Gasteiger partial charge in [0.05, 0.1) is 19.6 Å². The first-order chi connectivity index (χ1) is 10.2. The van der Waals surface area contributed by atoms with E-state index in [-0.39, 0.29) is 11.9 Å². The minimum Gasteiger partial charge on any atom is -0.469 e. The summed E-state index contributed by atoms with van der Waals surface area (Å²) in [7, 11) is 1.39. The van der Waals surface area contributed by atoms with E-state index in [1.54, 1.807) is 13.1 Å². The average Bonchev–Trinajstić information content (AvgIpc) is 2.52. The van der Waals surface area contributed by atoms with Crippen molar-refractivity contribution in [1.29, 1.82) is 0 Å². The monoisotopic (exact) mass is 292 g/mol. The topological polar surface area (TPSA) is 75.6 Å². The summed E-state index contributed by atoms with van der Waals surface area (Å²) in [5, 5.41) is 6.38. The number of aromatic nitrogens is 1. The molecule has 0 fully saturated rings. The van der Waals surface area contributed by atoms with E-state index in [0.717, 1.165) is 25.2 Å².